The topological polar surface area (TPSA) is 20.2 Å². The van der Waals surface area contributed by atoms with Crippen molar-refractivity contribution in [1.82, 2.24) is 0 Å². The highest BCUT2D eigenvalue weighted by Crippen LogP contribution is 2.34. The molecule has 0 fully saturated rings. The Kier molecular flexibility index (Phi) is 1.77. The highest BCUT2D eigenvalue weighted by Gasteiger charge is 2.31. The van der Waals surface area contributed by atoms with Gasteiger partial charge in [-0.25, -0.2) is 0 Å². The van der Waals surface area contributed by atoms with Crippen LogP contribution >= 0.6 is 0 Å². The maximum atomic E-state index is 9.80. The summed E-state index contributed by atoms with van der Waals surface area (Å²) in [6, 6.07) is 8.21. The molecule has 0 unspecified atom stereocenters. The van der Waals surface area contributed by atoms with Crippen LogP contribution in [0.3, 0.4) is 0 Å². The second-order valence-electron chi connectivity index (χ2n) is 4.11. The zero-order chi connectivity index (χ0) is 9.47. The van der Waals surface area contributed by atoms with Crippen LogP contribution in [0.25, 0.3) is 6.08 Å². The molecule has 0 aromatic heterocycles. The standard InChI is InChI=1S/C12H14O/c1-12(2)10-6-4-3-5-9(10)7-8-11(12)13/h3-8,11,13H,1-2H3/t11-/m1/s1. The number of aliphatic hydroxyl groups is 1. The normalized spacial score (nSPS) is 24.1. The van der Waals surface area contributed by atoms with Gasteiger partial charge in [-0.3, -0.25) is 0 Å². The molecule has 1 aliphatic rings. The van der Waals surface area contributed by atoms with E-state index in [1.165, 1.54) is 11.1 Å². The van der Waals surface area contributed by atoms with Gasteiger partial charge in [0, 0.05) is 5.41 Å². The first-order valence-corrected chi connectivity index (χ1v) is 4.58. The van der Waals surface area contributed by atoms with E-state index >= 15 is 0 Å². The van der Waals surface area contributed by atoms with Gasteiger partial charge in [0.05, 0.1) is 6.10 Å². The van der Waals surface area contributed by atoms with Crippen LogP contribution in [0.4, 0.5) is 0 Å². The Hall–Kier alpha value is -1.08. The second-order valence-corrected chi connectivity index (χ2v) is 4.11. The van der Waals surface area contributed by atoms with Crippen LogP contribution in [0.1, 0.15) is 25.0 Å². The van der Waals surface area contributed by atoms with E-state index in [9.17, 15) is 5.11 Å². The fraction of sp³-hybridized carbons (Fsp3) is 0.333. The molecular weight excluding hydrogens is 160 g/mol. The van der Waals surface area contributed by atoms with Gasteiger partial charge in [0.25, 0.3) is 0 Å². The zero-order valence-corrected chi connectivity index (χ0v) is 7.99. The van der Waals surface area contributed by atoms with E-state index in [0.717, 1.165) is 0 Å². The summed E-state index contributed by atoms with van der Waals surface area (Å²) in [5, 5.41) is 9.80. The van der Waals surface area contributed by atoms with E-state index in [4.69, 9.17) is 0 Å². The van der Waals surface area contributed by atoms with Crippen LogP contribution in [0, 0.1) is 0 Å². The third-order valence-corrected chi connectivity index (χ3v) is 2.85. The quantitative estimate of drug-likeness (QED) is 0.640. The minimum atomic E-state index is -0.373. The number of fused-ring (bicyclic) bond motifs is 1. The Bertz CT molecular complexity index is 350. The molecule has 0 saturated carbocycles. The van der Waals surface area contributed by atoms with Gasteiger partial charge < -0.3 is 5.11 Å². The summed E-state index contributed by atoms with van der Waals surface area (Å²) in [6.45, 7) is 4.14. The van der Waals surface area contributed by atoms with Crippen molar-refractivity contribution >= 4 is 6.08 Å². The number of benzene rings is 1. The fourth-order valence-electron chi connectivity index (χ4n) is 1.82. The molecule has 0 bridgehead atoms. The summed E-state index contributed by atoms with van der Waals surface area (Å²) in [5.41, 5.74) is 2.29. The summed E-state index contributed by atoms with van der Waals surface area (Å²) < 4.78 is 0. The SMILES string of the molecule is CC1(C)c2ccccc2C=C[C@H]1O. The Morgan fingerprint density at radius 3 is 2.69 bits per heavy atom. The maximum Gasteiger partial charge on any atom is 0.0815 e. The lowest BCUT2D eigenvalue weighted by Gasteiger charge is -2.33. The van der Waals surface area contributed by atoms with Gasteiger partial charge in [0.2, 0.25) is 0 Å². The highest BCUT2D eigenvalue weighted by molar-refractivity contribution is 5.60. The van der Waals surface area contributed by atoms with Crippen LogP contribution in [-0.2, 0) is 5.41 Å². The molecular formula is C12H14O. The first-order valence-electron chi connectivity index (χ1n) is 4.58. The third-order valence-electron chi connectivity index (χ3n) is 2.85. The first kappa shape index (κ1) is 8.52. The van der Waals surface area contributed by atoms with E-state index in [1.54, 1.807) is 0 Å². The smallest absolute Gasteiger partial charge is 0.0815 e. The highest BCUT2D eigenvalue weighted by atomic mass is 16.3. The summed E-state index contributed by atoms with van der Waals surface area (Å²) >= 11 is 0. The predicted octanol–water partition coefficient (Wildman–Crippen LogP) is 2.35. The molecule has 1 nitrogen and oxygen atoms in total. The van der Waals surface area contributed by atoms with Gasteiger partial charge in [-0.1, -0.05) is 50.3 Å². The molecule has 68 valence electrons. The minimum Gasteiger partial charge on any atom is -0.388 e. The molecule has 0 amide bonds. The van der Waals surface area contributed by atoms with Gasteiger partial charge >= 0.3 is 0 Å². The average Bonchev–Trinajstić information content (AvgIpc) is 2.13. The Morgan fingerprint density at radius 2 is 1.92 bits per heavy atom. The van der Waals surface area contributed by atoms with E-state index in [1.807, 2.05) is 24.3 Å². The molecule has 0 spiro atoms. The number of aliphatic hydroxyl groups excluding tert-OH is 1. The van der Waals surface area contributed by atoms with Crippen LogP contribution in [0.5, 0.6) is 0 Å². The molecule has 13 heavy (non-hydrogen) atoms. The first-order chi connectivity index (χ1) is 6.12. The number of hydrogen-bond donors (Lipinski definition) is 1. The number of rotatable bonds is 0. The van der Waals surface area contributed by atoms with E-state index < -0.39 is 0 Å². The molecule has 1 aromatic carbocycles. The largest absolute Gasteiger partial charge is 0.388 e. The molecule has 0 saturated heterocycles. The molecule has 0 aliphatic heterocycles. The Labute approximate surface area is 78.7 Å². The van der Waals surface area contributed by atoms with Crippen LogP contribution in [-0.4, -0.2) is 11.2 Å². The predicted molar refractivity (Wildman–Crippen MR) is 54.5 cm³/mol. The molecule has 2 rings (SSSR count). The molecule has 1 aliphatic carbocycles. The van der Waals surface area contributed by atoms with E-state index in [2.05, 4.69) is 26.0 Å². The van der Waals surface area contributed by atoms with Crippen LogP contribution in [0.2, 0.25) is 0 Å². The molecule has 1 aromatic rings. The van der Waals surface area contributed by atoms with Crippen molar-refractivity contribution < 1.29 is 5.11 Å². The molecule has 1 heteroatoms. The van der Waals surface area contributed by atoms with Crippen molar-refractivity contribution in [3.63, 3.8) is 0 Å². The molecule has 0 heterocycles. The molecule has 0 radical (unpaired) electrons. The average molecular weight is 174 g/mol. The Morgan fingerprint density at radius 1 is 1.23 bits per heavy atom. The van der Waals surface area contributed by atoms with E-state index in [0.29, 0.717) is 0 Å². The van der Waals surface area contributed by atoms with Crippen molar-refractivity contribution in [2.24, 2.45) is 0 Å². The van der Waals surface area contributed by atoms with Gasteiger partial charge in [-0.15, -0.1) is 0 Å². The lowest BCUT2D eigenvalue weighted by molar-refractivity contribution is 0.143. The fourth-order valence-corrected chi connectivity index (χ4v) is 1.82. The van der Waals surface area contributed by atoms with Crippen molar-refractivity contribution in [2.45, 2.75) is 25.4 Å². The summed E-state index contributed by atoms with van der Waals surface area (Å²) in [6.07, 6.45) is 3.48. The maximum absolute atomic E-state index is 9.80. The van der Waals surface area contributed by atoms with Crippen molar-refractivity contribution in [3.05, 3.63) is 41.5 Å². The van der Waals surface area contributed by atoms with Crippen molar-refractivity contribution in [3.8, 4) is 0 Å². The second kappa shape index (κ2) is 2.71. The molecule has 1 atom stereocenters. The molecule has 1 N–H and O–H groups in total. The zero-order valence-electron chi connectivity index (χ0n) is 7.99. The summed E-state index contributed by atoms with van der Waals surface area (Å²) in [7, 11) is 0. The summed E-state index contributed by atoms with van der Waals surface area (Å²) in [4.78, 5) is 0. The lowest BCUT2D eigenvalue weighted by atomic mass is 9.74. The van der Waals surface area contributed by atoms with E-state index in [-0.39, 0.29) is 11.5 Å². The van der Waals surface area contributed by atoms with Crippen LogP contribution < -0.4 is 0 Å². The number of hydrogen-bond acceptors (Lipinski definition) is 1. The van der Waals surface area contributed by atoms with Crippen molar-refractivity contribution in [1.29, 1.82) is 0 Å². The van der Waals surface area contributed by atoms with Gasteiger partial charge in [-0.05, 0) is 11.1 Å². The third kappa shape index (κ3) is 1.20. The van der Waals surface area contributed by atoms with Gasteiger partial charge in [0.15, 0.2) is 0 Å². The van der Waals surface area contributed by atoms with Crippen LogP contribution in [0.15, 0.2) is 30.3 Å². The monoisotopic (exact) mass is 174 g/mol. The minimum absolute atomic E-state index is 0.161. The lowest BCUT2D eigenvalue weighted by Crippen LogP contribution is -2.34. The Balaban J connectivity index is 2.61. The van der Waals surface area contributed by atoms with Gasteiger partial charge in [0.1, 0.15) is 0 Å². The van der Waals surface area contributed by atoms with Crippen molar-refractivity contribution in [2.75, 3.05) is 0 Å². The summed E-state index contributed by atoms with van der Waals surface area (Å²) in [5.74, 6) is 0. The van der Waals surface area contributed by atoms with Gasteiger partial charge in [-0.2, -0.15) is 0 Å².